The van der Waals surface area contributed by atoms with Gasteiger partial charge in [0.05, 0.1) is 29.5 Å². The first kappa shape index (κ1) is 21.1. The third kappa shape index (κ3) is 6.17. The van der Waals surface area contributed by atoms with Crippen molar-refractivity contribution in [2.24, 2.45) is 4.99 Å². The fraction of sp³-hybridized carbons (Fsp3) is 0.533. The number of anilines is 1. The standard InChI is InChI=1S/C15H24N6S2.HI/c1-6-16-14(18-8-13-10(2)19-11(3)23-13)17-7-12-9-22-15(20-12)21(4)5;/h9H,6-8H2,1-5H3,(H2,16,17,18);1H. The van der Waals surface area contributed by atoms with Crippen molar-refractivity contribution in [1.29, 1.82) is 0 Å². The topological polar surface area (TPSA) is 65.4 Å². The molecule has 2 rings (SSSR count). The molecule has 2 aromatic rings. The van der Waals surface area contributed by atoms with Crippen LogP contribution in [0.3, 0.4) is 0 Å². The van der Waals surface area contributed by atoms with Crippen LogP contribution in [-0.2, 0) is 13.1 Å². The van der Waals surface area contributed by atoms with Crippen LogP contribution in [0.15, 0.2) is 10.4 Å². The van der Waals surface area contributed by atoms with Crippen molar-refractivity contribution in [3.05, 3.63) is 26.7 Å². The maximum absolute atomic E-state index is 4.61. The lowest BCUT2D eigenvalue weighted by Gasteiger charge is -2.10. The number of aromatic nitrogens is 2. The highest BCUT2D eigenvalue weighted by Crippen LogP contribution is 2.18. The van der Waals surface area contributed by atoms with Crippen LogP contribution in [0.25, 0.3) is 0 Å². The zero-order chi connectivity index (χ0) is 16.8. The molecule has 2 N–H and O–H groups in total. The van der Waals surface area contributed by atoms with E-state index in [0.29, 0.717) is 6.54 Å². The molecule has 0 spiro atoms. The zero-order valence-corrected chi connectivity index (χ0v) is 18.7. The number of halogens is 1. The Hall–Kier alpha value is -0.940. The Bertz CT molecular complexity index is 665. The highest BCUT2D eigenvalue weighted by Gasteiger charge is 2.07. The van der Waals surface area contributed by atoms with E-state index in [-0.39, 0.29) is 24.0 Å². The van der Waals surface area contributed by atoms with Gasteiger partial charge < -0.3 is 15.5 Å². The number of nitrogens with one attached hydrogen (secondary N) is 2. The van der Waals surface area contributed by atoms with Gasteiger partial charge >= 0.3 is 0 Å². The van der Waals surface area contributed by atoms with Gasteiger partial charge in [-0.15, -0.1) is 46.7 Å². The van der Waals surface area contributed by atoms with Crippen LogP contribution in [0, 0.1) is 13.8 Å². The third-order valence-corrected chi connectivity index (χ3v) is 5.21. The van der Waals surface area contributed by atoms with Gasteiger partial charge in [-0.1, -0.05) is 0 Å². The molecule has 134 valence electrons. The summed E-state index contributed by atoms with van der Waals surface area (Å²) >= 11 is 3.36. The zero-order valence-electron chi connectivity index (χ0n) is 14.7. The molecule has 0 bridgehead atoms. The van der Waals surface area contributed by atoms with E-state index in [0.717, 1.165) is 40.6 Å². The summed E-state index contributed by atoms with van der Waals surface area (Å²) in [6, 6.07) is 0. The predicted octanol–water partition coefficient (Wildman–Crippen LogP) is 3.16. The average molecular weight is 480 g/mol. The molecule has 0 atom stereocenters. The summed E-state index contributed by atoms with van der Waals surface area (Å²) in [5.41, 5.74) is 2.08. The van der Waals surface area contributed by atoms with Gasteiger partial charge in [-0.3, -0.25) is 0 Å². The number of aliphatic imine (C=N–C) groups is 1. The summed E-state index contributed by atoms with van der Waals surface area (Å²) in [6.07, 6.45) is 0. The van der Waals surface area contributed by atoms with Gasteiger partial charge in [-0.25, -0.2) is 15.0 Å². The maximum Gasteiger partial charge on any atom is 0.191 e. The molecule has 6 nitrogen and oxygen atoms in total. The van der Waals surface area contributed by atoms with Crippen molar-refractivity contribution in [1.82, 2.24) is 20.6 Å². The molecule has 0 fully saturated rings. The van der Waals surface area contributed by atoms with Crippen LogP contribution in [0.1, 0.15) is 28.2 Å². The highest BCUT2D eigenvalue weighted by atomic mass is 127. The van der Waals surface area contributed by atoms with Crippen molar-refractivity contribution in [3.63, 3.8) is 0 Å². The molecule has 0 amide bonds. The SMILES string of the molecule is CCNC(=NCc1csc(N(C)C)n1)NCc1sc(C)nc1C.I. The van der Waals surface area contributed by atoms with Crippen molar-refractivity contribution in [2.75, 3.05) is 25.5 Å². The molecule has 0 aliphatic carbocycles. The number of nitrogens with zero attached hydrogens (tertiary/aromatic N) is 4. The van der Waals surface area contributed by atoms with Crippen LogP contribution >= 0.6 is 46.7 Å². The molecule has 24 heavy (non-hydrogen) atoms. The normalized spacial score (nSPS) is 11.1. The largest absolute Gasteiger partial charge is 0.357 e. The number of thiazole rings is 2. The first-order valence-corrected chi connectivity index (χ1v) is 9.26. The van der Waals surface area contributed by atoms with Gasteiger partial charge in [0.25, 0.3) is 0 Å². The summed E-state index contributed by atoms with van der Waals surface area (Å²) in [7, 11) is 3.99. The minimum absolute atomic E-state index is 0. The van der Waals surface area contributed by atoms with Crippen LogP contribution in [0.2, 0.25) is 0 Å². The highest BCUT2D eigenvalue weighted by molar-refractivity contribution is 14.0. The Morgan fingerprint density at radius 3 is 2.54 bits per heavy atom. The van der Waals surface area contributed by atoms with E-state index in [4.69, 9.17) is 0 Å². The molecule has 0 aliphatic heterocycles. The number of aryl methyl sites for hydroxylation is 2. The van der Waals surface area contributed by atoms with Crippen LogP contribution in [0.4, 0.5) is 5.13 Å². The molecular formula is C15H25IN6S2. The Balaban J connectivity index is 0.00000288. The lowest BCUT2D eigenvalue weighted by Crippen LogP contribution is -2.36. The molecule has 9 heteroatoms. The smallest absolute Gasteiger partial charge is 0.191 e. The minimum Gasteiger partial charge on any atom is -0.357 e. The molecule has 0 radical (unpaired) electrons. The minimum atomic E-state index is 0. The summed E-state index contributed by atoms with van der Waals surface area (Å²) < 4.78 is 0. The van der Waals surface area contributed by atoms with E-state index in [1.54, 1.807) is 22.7 Å². The van der Waals surface area contributed by atoms with Gasteiger partial charge in [0, 0.05) is 30.9 Å². The molecule has 0 unspecified atom stereocenters. The lowest BCUT2D eigenvalue weighted by molar-refractivity contribution is 0.815. The van der Waals surface area contributed by atoms with Gasteiger partial charge in [0.15, 0.2) is 11.1 Å². The van der Waals surface area contributed by atoms with E-state index < -0.39 is 0 Å². The summed E-state index contributed by atoms with van der Waals surface area (Å²) in [5, 5.41) is 10.8. The first-order chi connectivity index (χ1) is 11.0. The second-order valence-electron chi connectivity index (χ2n) is 5.31. The first-order valence-electron chi connectivity index (χ1n) is 7.56. The molecule has 0 saturated carbocycles. The number of rotatable bonds is 6. The monoisotopic (exact) mass is 480 g/mol. The van der Waals surface area contributed by atoms with Crippen molar-refractivity contribution in [2.45, 2.75) is 33.9 Å². The lowest BCUT2D eigenvalue weighted by atomic mass is 10.4. The molecule has 2 aromatic heterocycles. The fourth-order valence-electron chi connectivity index (χ4n) is 1.98. The van der Waals surface area contributed by atoms with E-state index in [2.05, 4.69) is 37.9 Å². The Morgan fingerprint density at radius 2 is 2.00 bits per heavy atom. The quantitative estimate of drug-likeness (QED) is 0.378. The van der Waals surface area contributed by atoms with Crippen molar-refractivity contribution >= 4 is 57.7 Å². The van der Waals surface area contributed by atoms with E-state index >= 15 is 0 Å². The fourth-order valence-corrected chi connectivity index (χ4v) is 3.60. The predicted molar refractivity (Wildman–Crippen MR) is 115 cm³/mol. The van der Waals surface area contributed by atoms with Crippen LogP contribution in [0.5, 0.6) is 0 Å². The second kappa shape index (κ2) is 10.1. The Kier molecular flexibility index (Phi) is 8.92. The average Bonchev–Trinajstić information content (AvgIpc) is 3.08. The Labute approximate surface area is 168 Å². The van der Waals surface area contributed by atoms with Crippen molar-refractivity contribution in [3.8, 4) is 0 Å². The van der Waals surface area contributed by atoms with Crippen LogP contribution in [-0.4, -0.2) is 36.6 Å². The molecule has 0 saturated heterocycles. The van der Waals surface area contributed by atoms with E-state index in [9.17, 15) is 0 Å². The van der Waals surface area contributed by atoms with E-state index in [1.807, 2.05) is 32.8 Å². The molecule has 0 aromatic carbocycles. The second-order valence-corrected chi connectivity index (χ2v) is 7.43. The molecule has 0 aliphatic rings. The third-order valence-electron chi connectivity index (χ3n) is 3.08. The summed E-state index contributed by atoms with van der Waals surface area (Å²) in [6.45, 7) is 8.27. The molecule has 2 heterocycles. The van der Waals surface area contributed by atoms with Crippen LogP contribution < -0.4 is 15.5 Å². The Morgan fingerprint density at radius 1 is 1.25 bits per heavy atom. The van der Waals surface area contributed by atoms with Crippen molar-refractivity contribution < 1.29 is 0 Å². The van der Waals surface area contributed by atoms with E-state index in [1.165, 1.54) is 4.88 Å². The number of hydrogen-bond acceptors (Lipinski definition) is 6. The molecular weight excluding hydrogens is 455 g/mol. The number of hydrogen-bond donors (Lipinski definition) is 2. The van der Waals surface area contributed by atoms with Gasteiger partial charge in [-0.2, -0.15) is 0 Å². The maximum atomic E-state index is 4.61. The summed E-state index contributed by atoms with van der Waals surface area (Å²) in [5.74, 6) is 0.803. The van der Waals surface area contributed by atoms with Gasteiger partial charge in [0.1, 0.15) is 0 Å². The number of guanidine groups is 1. The van der Waals surface area contributed by atoms with Gasteiger partial charge in [0.2, 0.25) is 0 Å². The van der Waals surface area contributed by atoms with Gasteiger partial charge in [-0.05, 0) is 20.8 Å². The summed E-state index contributed by atoms with van der Waals surface area (Å²) in [4.78, 5) is 16.9.